The normalized spacial score (nSPS) is 10.3. The molecule has 1 rings (SSSR count). The number of ketones is 1. The van der Waals surface area contributed by atoms with Gasteiger partial charge in [0.25, 0.3) is 5.56 Å². The van der Waals surface area contributed by atoms with E-state index in [1.165, 1.54) is 14.0 Å². The lowest BCUT2D eigenvalue weighted by Crippen LogP contribution is -2.42. The second-order valence-electron chi connectivity index (χ2n) is 4.22. The summed E-state index contributed by atoms with van der Waals surface area (Å²) in [5.74, 6) is -0.777. The van der Waals surface area contributed by atoms with Crippen LogP contribution in [0.5, 0.6) is 0 Å². The molecule has 19 heavy (non-hydrogen) atoms. The van der Waals surface area contributed by atoms with E-state index in [9.17, 15) is 19.2 Å². The molecule has 1 heterocycles. The van der Waals surface area contributed by atoms with E-state index in [1.54, 1.807) is 0 Å². The van der Waals surface area contributed by atoms with Crippen molar-refractivity contribution in [2.24, 2.45) is 7.05 Å². The first-order valence-electron chi connectivity index (χ1n) is 5.96. The molecule has 7 heteroatoms. The van der Waals surface area contributed by atoms with Gasteiger partial charge in [0.1, 0.15) is 6.54 Å². The van der Waals surface area contributed by atoms with E-state index in [4.69, 9.17) is 0 Å². The van der Waals surface area contributed by atoms with E-state index in [-0.39, 0.29) is 18.0 Å². The molecule has 0 fully saturated rings. The first-order chi connectivity index (χ1) is 8.88. The van der Waals surface area contributed by atoms with Gasteiger partial charge >= 0.3 is 5.69 Å². The van der Waals surface area contributed by atoms with Crippen LogP contribution in [0.15, 0.2) is 15.8 Å². The first kappa shape index (κ1) is 14.9. The average molecular weight is 267 g/mol. The van der Waals surface area contributed by atoms with Gasteiger partial charge < -0.3 is 5.32 Å². The fourth-order valence-corrected chi connectivity index (χ4v) is 1.56. The lowest BCUT2D eigenvalue weighted by molar-refractivity contribution is -0.121. The molecular formula is C12H17N3O4. The summed E-state index contributed by atoms with van der Waals surface area (Å²) >= 11 is 0. The van der Waals surface area contributed by atoms with Crippen molar-refractivity contribution >= 4 is 11.7 Å². The number of carbonyl (C=O) groups excluding carboxylic acids is 2. The number of nitrogens with one attached hydrogen (secondary N) is 1. The van der Waals surface area contributed by atoms with E-state index < -0.39 is 17.0 Å². The molecule has 0 radical (unpaired) electrons. The Morgan fingerprint density at radius 1 is 1.32 bits per heavy atom. The van der Waals surface area contributed by atoms with Crippen LogP contribution in [0.4, 0.5) is 0 Å². The second kappa shape index (κ2) is 6.12. The van der Waals surface area contributed by atoms with Crippen molar-refractivity contribution in [3.8, 4) is 0 Å². The van der Waals surface area contributed by atoms with Crippen molar-refractivity contribution in [1.82, 2.24) is 14.5 Å². The highest BCUT2D eigenvalue weighted by atomic mass is 16.2. The topological polar surface area (TPSA) is 90.2 Å². The maximum absolute atomic E-state index is 11.8. The van der Waals surface area contributed by atoms with E-state index >= 15 is 0 Å². The molecule has 0 aliphatic heterocycles. The lowest BCUT2D eigenvalue weighted by atomic mass is 10.2. The molecule has 0 saturated carbocycles. The number of rotatable bonds is 5. The maximum Gasteiger partial charge on any atom is 0.331 e. The van der Waals surface area contributed by atoms with Crippen molar-refractivity contribution in [2.45, 2.75) is 26.8 Å². The molecule has 0 aliphatic rings. The van der Waals surface area contributed by atoms with Crippen molar-refractivity contribution in [3.05, 3.63) is 32.6 Å². The zero-order valence-electron chi connectivity index (χ0n) is 11.2. The molecular weight excluding hydrogens is 250 g/mol. The van der Waals surface area contributed by atoms with Crippen LogP contribution in [0.2, 0.25) is 0 Å². The highest BCUT2D eigenvalue weighted by Crippen LogP contribution is 1.91. The number of nitrogens with zero attached hydrogens (tertiary/aromatic N) is 2. The summed E-state index contributed by atoms with van der Waals surface area (Å²) in [4.78, 5) is 46.3. The Kier molecular flexibility index (Phi) is 4.80. The minimum atomic E-state index is -0.650. The zero-order valence-corrected chi connectivity index (χ0v) is 11.2. The number of hydrogen-bond acceptors (Lipinski definition) is 4. The largest absolute Gasteiger partial charge is 0.355 e. The van der Waals surface area contributed by atoms with Gasteiger partial charge in [0, 0.05) is 19.8 Å². The van der Waals surface area contributed by atoms with Gasteiger partial charge in [0.05, 0.1) is 5.56 Å². The number of amides is 1. The summed E-state index contributed by atoms with van der Waals surface area (Å²) in [5, 5.41) is 2.62. The number of aromatic nitrogens is 2. The van der Waals surface area contributed by atoms with Gasteiger partial charge in [-0.2, -0.15) is 0 Å². The van der Waals surface area contributed by atoms with Crippen LogP contribution in [-0.4, -0.2) is 27.4 Å². The third kappa shape index (κ3) is 3.40. The molecule has 0 bridgehead atoms. The van der Waals surface area contributed by atoms with Gasteiger partial charge in [-0.15, -0.1) is 0 Å². The highest BCUT2D eigenvalue weighted by molar-refractivity contribution is 5.93. The zero-order chi connectivity index (χ0) is 14.6. The molecule has 0 unspecified atom stereocenters. The maximum atomic E-state index is 11.8. The van der Waals surface area contributed by atoms with Gasteiger partial charge in [-0.1, -0.05) is 6.92 Å². The molecule has 0 aromatic carbocycles. The van der Waals surface area contributed by atoms with E-state index in [0.29, 0.717) is 6.54 Å². The lowest BCUT2D eigenvalue weighted by Gasteiger charge is -2.09. The number of carbonyl (C=O) groups is 2. The Labute approximate surface area is 109 Å². The first-order valence-corrected chi connectivity index (χ1v) is 5.96. The van der Waals surface area contributed by atoms with Crippen molar-refractivity contribution in [1.29, 1.82) is 0 Å². The Morgan fingerprint density at radius 3 is 2.47 bits per heavy atom. The summed E-state index contributed by atoms with van der Waals surface area (Å²) in [6, 6.07) is 0. The molecule has 0 spiro atoms. The highest BCUT2D eigenvalue weighted by Gasteiger charge is 2.13. The predicted molar refractivity (Wildman–Crippen MR) is 69.2 cm³/mol. The van der Waals surface area contributed by atoms with Crippen molar-refractivity contribution < 1.29 is 9.59 Å². The Morgan fingerprint density at radius 2 is 1.95 bits per heavy atom. The van der Waals surface area contributed by atoms with E-state index in [0.717, 1.165) is 21.8 Å². The molecule has 1 aromatic rings. The summed E-state index contributed by atoms with van der Waals surface area (Å²) < 4.78 is 1.88. The van der Waals surface area contributed by atoms with Gasteiger partial charge in [0.15, 0.2) is 5.78 Å². The van der Waals surface area contributed by atoms with Crippen molar-refractivity contribution in [2.75, 3.05) is 6.54 Å². The Bertz CT molecular complexity index is 612. The quantitative estimate of drug-likeness (QED) is 0.713. The predicted octanol–water partition coefficient (Wildman–Crippen LogP) is -0.724. The van der Waals surface area contributed by atoms with Crippen LogP contribution in [-0.2, 0) is 18.4 Å². The number of Topliss-reactive ketones (excluding diaryl/α,β-unsaturated/α-hetero) is 1. The fourth-order valence-electron chi connectivity index (χ4n) is 1.56. The molecule has 1 amide bonds. The van der Waals surface area contributed by atoms with Crippen LogP contribution in [0.3, 0.4) is 0 Å². The summed E-state index contributed by atoms with van der Waals surface area (Å²) in [6.07, 6.45) is 1.92. The van der Waals surface area contributed by atoms with Crippen LogP contribution in [0.25, 0.3) is 0 Å². The molecule has 1 N–H and O–H groups in total. The summed E-state index contributed by atoms with van der Waals surface area (Å²) in [5.41, 5.74) is -1.38. The molecule has 7 nitrogen and oxygen atoms in total. The Hall–Kier alpha value is -2.18. The third-order valence-corrected chi connectivity index (χ3v) is 2.62. The van der Waals surface area contributed by atoms with Gasteiger partial charge in [0.2, 0.25) is 5.91 Å². The minimum absolute atomic E-state index is 0.106. The molecule has 0 atom stereocenters. The van der Waals surface area contributed by atoms with Crippen LogP contribution < -0.4 is 16.6 Å². The standard InChI is InChI=1S/C12H17N3O4/c1-4-5-13-10(17)7-15-6-9(8(2)16)11(18)14(3)12(15)19/h6H,4-5,7H2,1-3H3,(H,13,17). The SMILES string of the molecule is CCCNC(=O)Cn1cc(C(C)=O)c(=O)n(C)c1=O. The molecule has 104 valence electrons. The van der Waals surface area contributed by atoms with E-state index in [1.807, 2.05) is 6.92 Å². The monoisotopic (exact) mass is 267 g/mol. The van der Waals surface area contributed by atoms with E-state index in [2.05, 4.69) is 5.32 Å². The molecule has 1 aromatic heterocycles. The second-order valence-corrected chi connectivity index (χ2v) is 4.22. The van der Waals surface area contributed by atoms with Crippen LogP contribution >= 0.6 is 0 Å². The summed E-state index contributed by atoms with van der Waals surface area (Å²) in [7, 11) is 1.28. The van der Waals surface area contributed by atoms with Gasteiger partial charge in [-0.25, -0.2) is 4.79 Å². The minimum Gasteiger partial charge on any atom is -0.355 e. The third-order valence-electron chi connectivity index (χ3n) is 2.62. The molecule has 0 saturated heterocycles. The van der Waals surface area contributed by atoms with Gasteiger partial charge in [-0.05, 0) is 13.3 Å². The average Bonchev–Trinajstić information content (AvgIpc) is 2.36. The number of hydrogen-bond donors (Lipinski definition) is 1. The summed E-state index contributed by atoms with van der Waals surface area (Å²) in [6.45, 7) is 3.45. The van der Waals surface area contributed by atoms with Crippen LogP contribution in [0.1, 0.15) is 30.6 Å². The smallest absolute Gasteiger partial charge is 0.331 e. The van der Waals surface area contributed by atoms with Crippen molar-refractivity contribution in [3.63, 3.8) is 0 Å². The van der Waals surface area contributed by atoms with Crippen LogP contribution in [0, 0.1) is 0 Å². The van der Waals surface area contributed by atoms with Gasteiger partial charge in [-0.3, -0.25) is 23.5 Å². The molecule has 0 aliphatic carbocycles. The fraction of sp³-hybridized carbons (Fsp3) is 0.500. The Balaban J connectivity index is 3.15.